The van der Waals surface area contributed by atoms with Crippen LogP contribution in [0.4, 0.5) is 5.69 Å². The van der Waals surface area contributed by atoms with Gasteiger partial charge in [0, 0.05) is 17.3 Å². The molecule has 0 aliphatic rings. The van der Waals surface area contributed by atoms with Crippen molar-refractivity contribution in [3.63, 3.8) is 0 Å². The van der Waals surface area contributed by atoms with Crippen LogP contribution < -0.4 is 10.6 Å². The monoisotopic (exact) mass is 244 g/mol. The van der Waals surface area contributed by atoms with Gasteiger partial charge in [0.25, 0.3) is 0 Å². The predicted octanol–water partition coefficient (Wildman–Crippen LogP) is 2.01. The van der Waals surface area contributed by atoms with E-state index >= 15 is 0 Å². The maximum absolute atomic E-state index is 9.04. The first-order valence-corrected chi connectivity index (χ1v) is 5.35. The maximum atomic E-state index is 9.04. The number of rotatable bonds is 3. The number of hydrogen-bond acceptors (Lipinski definition) is 2. The lowest BCUT2D eigenvalue weighted by molar-refractivity contribution is 0.198. The van der Waals surface area contributed by atoms with Crippen molar-refractivity contribution in [1.29, 1.82) is 0 Å². The summed E-state index contributed by atoms with van der Waals surface area (Å²) in [6.45, 7) is 2.12. The second kappa shape index (κ2) is 5.90. The molecule has 0 saturated heterocycles. The minimum absolute atomic E-state index is 0.421. The highest BCUT2D eigenvalue weighted by Crippen LogP contribution is 2.12. The molecule has 0 aromatic heterocycles. The predicted molar refractivity (Wildman–Crippen MR) is 67.4 cm³/mol. The van der Waals surface area contributed by atoms with Crippen LogP contribution in [0.3, 0.4) is 0 Å². The molecule has 0 unspecified atom stereocenters. The Hall–Kier alpha value is -0.840. The highest BCUT2D eigenvalue weighted by molar-refractivity contribution is 7.80. The molecule has 0 amide bonds. The van der Waals surface area contributed by atoms with Crippen molar-refractivity contribution < 1.29 is 5.11 Å². The van der Waals surface area contributed by atoms with Gasteiger partial charge in [-0.1, -0.05) is 11.6 Å². The van der Waals surface area contributed by atoms with Crippen molar-refractivity contribution in [2.45, 2.75) is 13.0 Å². The summed E-state index contributed by atoms with van der Waals surface area (Å²) in [5.74, 6) is 0. The Balaban J connectivity index is 2.41. The number of anilines is 1. The molecule has 3 nitrogen and oxygen atoms in total. The Morgan fingerprint density at radius 2 is 2.07 bits per heavy atom. The first-order valence-electron chi connectivity index (χ1n) is 4.56. The van der Waals surface area contributed by atoms with Crippen LogP contribution in [0.5, 0.6) is 0 Å². The fourth-order valence-electron chi connectivity index (χ4n) is 0.949. The fourth-order valence-corrected chi connectivity index (χ4v) is 1.28. The summed E-state index contributed by atoms with van der Waals surface area (Å²) in [4.78, 5) is 0. The SMILES string of the molecule is C[C@@H](O)CNC(=S)Nc1ccc(Cl)cc1. The zero-order valence-electron chi connectivity index (χ0n) is 8.33. The van der Waals surface area contributed by atoms with Crippen LogP contribution in [-0.2, 0) is 0 Å². The average Bonchev–Trinajstić information content (AvgIpc) is 2.19. The van der Waals surface area contributed by atoms with Gasteiger partial charge >= 0.3 is 0 Å². The van der Waals surface area contributed by atoms with Crippen LogP contribution in [0.15, 0.2) is 24.3 Å². The third kappa shape index (κ3) is 4.97. The van der Waals surface area contributed by atoms with Gasteiger partial charge in [0.1, 0.15) is 0 Å². The highest BCUT2D eigenvalue weighted by atomic mass is 35.5. The zero-order chi connectivity index (χ0) is 11.3. The molecule has 1 rings (SSSR count). The number of thiocarbonyl (C=S) groups is 1. The van der Waals surface area contributed by atoms with E-state index in [9.17, 15) is 0 Å². The van der Waals surface area contributed by atoms with Gasteiger partial charge in [-0.2, -0.15) is 0 Å². The number of aliphatic hydroxyl groups excluding tert-OH is 1. The number of benzene rings is 1. The molecule has 0 radical (unpaired) electrons. The molecule has 5 heteroatoms. The fraction of sp³-hybridized carbons (Fsp3) is 0.300. The topological polar surface area (TPSA) is 44.3 Å². The van der Waals surface area contributed by atoms with E-state index in [2.05, 4.69) is 10.6 Å². The first-order chi connectivity index (χ1) is 7.08. The van der Waals surface area contributed by atoms with E-state index in [0.717, 1.165) is 5.69 Å². The van der Waals surface area contributed by atoms with E-state index in [1.165, 1.54) is 0 Å². The van der Waals surface area contributed by atoms with Crippen LogP contribution in [0.2, 0.25) is 5.02 Å². The number of halogens is 1. The van der Waals surface area contributed by atoms with E-state index in [0.29, 0.717) is 16.7 Å². The lowest BCUT2D eigenvalue weighted by Crippen LogP contribution is -2.33. The Morgan fingerprint density at radius 1 is 1.47 bits per heavy atom. The Labute approximate surface area is 99.4 Å². The van der Waals surface area contributed by atoms with Crippen LogP contribution in [0.1, 0.15) is 6.92 Å². The molecular formula is C10H13ClN2OS. The quantitative estimate of drug-likeness (QED) is 0.712. The van der Waals surface area contributed by atoms with E-state index in [1.54, 1.807) is 19.1 Å². The van der Waals surface area contributed by atoms with Crippen molar-refractivity contribution in [1.82, 2.24) is 5.32 Å². The molecular weight excluding hydrogens is 232 g/mol. The zero-order valence-corrected chi connectivity index (χ0v) is 9.90. The second-order valence-electron chi connectivity index (χ2n) is 3.19. The molecule has 0 aliphatic carbocycles. The molecule has 82 valence electrons. The molecule has 0 spiro atoms. The van der Waals surface area contributed by atoms with Crippen LogP contribution in [0, 0.1) is 0 Å². The van der Waals surface area contributed by atoms with Gasteiger partial charge in [0.15, 0.2) is 5.11 Å². The second-order valence-corrected chi connectivity index (χ2v) is 4.04. The number of aliphatic hydroxyl groups is 1. The van der Waals surface area contributed by atoms with Gasteiger partial charge < -0.3 is 15.7 Å². The van der Waals surface area contributed by atoms with Crippen LogP contribution in [0.25, 0.3) is 0 Å². The van der Waals surface area contributed by atoms with Crippen molar-refractivity contribution >= 4 is 34.6 Å². The summed E-state index contributed by atoms with van der Waals surface area (Å²) in [5.41, 5.74) is 0.863. The molecule has 1 aromatic carbocycles. The lowest BCUT2D eigenvalue weighted by Gasteiger charge is -2.11. The molecule has 3 N–H and O–H groups in total. The Bertz CT molecular complexity index is 327. The molecule has 1 aromatic rings. The van der Waals surface area contributed by atoms with Crippen molar-refractivity contribution in [3.05, 3.63) is 29.3 Å². The van der Waals surface area contributed by atoms with E-state index < -0.39 is 6.10 Å². The van der Waals surface area contributed by atoms with Gasteiger partial charge in [-0.25, -0.2) is 0 Å². The standard InChI is InChI=1S/C10H13ClN2OS/c1-7(14)6-12-10(15)13-9-4-2-8(11)3-5-9/h2-5,7,14H,6H2,1H3,(H2,12,13,15)/t7-/m1/s1. The van der Waals surface area contributed by atoms with Gasteiger partial charge in [-0.3, -0.25) is 0 Å². The number of hydrogen-bond donors (Lipinski definition) is 3. The normalized spacial score (nSPS) is 11.9. The molecule has 0 heterocycles. The minimum Gasteiger partial charge on any atom is -0.392 e. The number of nitrogens with one attached hydrogen (secondary N) is 2. The summed E-state index contributed by atoms with van der Waals surface area (Å²) in [5, 5.41) is 16.1. The summed E-state index contributed by atoms with van der Waals surface area (Å²) < 4.78 is 0. The Morgan fingerprint density at radius 3 is 2.60 bits per heavy atom. The molecule has 0 bridgehead atoms. The van der Waals surface area contributed by atoms with Crippen molar-refractivity contribution in [2.24, 2.45) is 0 Å². The van der Waals surface area contributed by atoms with E-state index in [-0.39, 0.29) is 0 Å². The van der Waals surface area contributed by atoms with Gasteiger partial charge in [0.2, 0.25) is 0 Å². The van der Waals surface area contributed by atoms with Crippen molar-refractivity contribution in [2.75, 3.05) is 11.9 Å². The highest BCUT2D eigenvalue weighted by Gasteiger charge is 1.99. The molecule has 0 aliphatic heterocycles. The largest absolute Gasteiger partial charge is 0.392 e. The first kappa shape index (κ1) is 12.2. The van der Waals surface area contributed by atoms with Gasteiger partial charge in [0.05, 0.1) is 6.10 Å². The molecule has 15 heavy (non-hydrogen) atoms. The summed E-state index contributed by atoms with van der Waals surface area (Å²) >= 11 is 10.8. The Kier molecular flexibility index (Phi) is 4.81. The summed E-state index contributed by atoms with van der Waals surface area (Å²) in [6.07, 6.45) is -0.421. The van der Waals surface area contributed by atoms with E-state index in [4.69, 9.17) is 28.9 Å². The summed E-state index contributed by atoms with van der Waals surface area (Å²) in [6, 6.07) is 7.22. The molecule has 0 fully saturated rings. The maximum Gasteiger partial charge on any atom is 0.170 e. The van der Waals surface area contributed by atoms with E-state index in [1.807, 2.05) is 12.1 Å². The minimum atomic E-state index is -0.421. The van der Waals surface area contributed by atoms with Gasteiger partial charge in [-0.05, 0) is 43.4 Å². The third-order valence-corrected chi connectivity index (χ3v) is 2.16. The van der Waals surface area contributed by atoms with Crippen LogP contribution in [-0.4, -0.2) is 22.9 Å². The lowest BCUT2D eigenvalue weighted by atomic mass is 10.3. The molecule has 1 atom stereocenters. The molecule has 0 saturated carbocycles. The smallest absolute Gasteiger partial charge is 0.170 e. The van der Waals surface area contributed by atoms with Crippen LogP contribution >= 0.6 is 23.8 Å². The third-order valence-electron chi connectivity index (χ3n) is 1.66. The summed E-state index contributed by atoms with van der Waals surface area (Å²) in [7, 11) is 0. The van der Waals surface area contributed by atoms with Crippen molar-refractivity contribution in [3.8, 4) is 0 Å². The van der Waals surface area contributed by atoms with Gasteiger partial charge in [-0.15, -0.1) is 0 Å². The average molecular weight is 245 g/mol.